The summed E-state index contributed by atoms with van der Waals surface area (Å²) in [6.45, 7) is 2.55. The summed E-state index contributed by atoms with van der Waals surface area (Å²) in [5.74, 6) is 1.23. The van der Waals surface area contributed by atoms with Crippen LogP contribution in [-0.4, -0.2) is 37.5 Å². The van der Waals surface area contributed by atoms with E-state index < -0.39 is 0 Å². The Kier molecular flexibility index (Phi) is 4.43. The van der Waals surface area contributed by atoms with Crippen molar-refractivity contribution in [3.8, 4) is 11.4 Å². The Bertz CT molecular complexity index is 892. The number of carbonyl (C=O) groups is 1. The molecule has 0 radical (unpaired) electrons. The molecule has 132 valence electrons. The zero-order valence-electron chi connectivity index (χ0n) is 14.5. The second-order valence-electron chi connectivity index (χ2n) is 6.41. The van der Waals surface area contributed by atoms with E-state index in [1.807, 2.05) is 30.0 Å². The molecule has 1 fully saturated rings. The number of aromatic nitrogens is 4. The van der Waals surface area contributed by atoms with E-state index in [2.05, 4.69) is 20.1 Å². The van der Waals surface area contributed by atoms with Gasteiger partial charge in [-0.1, -0.05) is 5.16 Å². The average molecular weight is 349 g/mol. The summed E-state index contributed by atoms with van der Waals surface area (Å²) in [4.78, 5) is 27.6. The van der Waals surface area contributed by atoms with Gasteiger partial charge in [-0.25, -0.2) is 9.97 Å². The van der Waals surface area contributed by atoms with E-state index in [4.69, 9.17) is 4.52 Å². The first-order valence-corrected chi connectivity index (χ1v) is 8.69. The van der Waals surface area contributed by atoms with Gasteiger partial charge in [0.05, 0.1) is 11.6 Å². The minimum Gasteiger partial charge on any atom is -0.361 e. The second kappa shape index (κ2) is 7.03. The lowest BCUT2D eigenvalue weighted by atomic mass is 9.98. The van der Waals surface area contributed by atoms with Crippen LogP contribution in [0.25, 0.3) is 11.4 Å². The Morgan fingerprint density at radius 3 is 2.77 bits per heavy atom. The van der Waals surface area contributed by atoms with Crippen molar-refractivity contribution in [2.24, 2.45) is 0 Å². The molecule has 7 heteroatoms. The second-order valence-corrected chi connectivity index (χ2v) is 6.41. The lowest BCUT2D eigenvalue weighted by Crippen LogP contribution is -2.38. The highest BCUT2D eigenvalue weighted by Gasteiger charge is 2.31. The molecule has 3 aromatic heterocycles. The van der Waals surface area contributed by atoms with Gasteiger partial charge in [0.2, 0.25) is 0 Å². The van der Waals surface area contributed by atoms with Gasteiger partial charge >= 0.3 is 0 Å². The Morgan fingerprint density at radius 2 is 2.08 bits per heavy atom. The SMILES string of the molecule is Cc1cc(C2CCCCN2C(=O)c2cnc(-c3cccnc3)nc2)no1. The summed E-state index contributed by atoms with van der Waals surface area (Å²) >= 11 is 0. The van der Waals surface area contributed by atoms with Crippen LogP contribution in [0.2, 0.25) is 0 Å². The summed E-state index contributed by atoms with van der Waals surface area (Å²) in [5, 5.41) is 4.11. The first-order valence-electron chi connectivity index (χ1n) is 8.69. The van der Waals surface area contributed by atoms with E-state index >= 15 is 0 Å². The maximum Gasteiger partial charge on any atom is 0.257 e. The Morgan fingerprint density at radius 1 is 1.23 bits per heavy atom. The number of nitrogens with zero attached hydrogens (tertiary/aromatic N) is 5. The number of rotatable bonds is 3. The van der Waals surface area contributed by atoms with Gasteiger partial charge in [0, 0.05) is 43.0 Å². The molecule has 1 saturated heterocycles. The minimum atomic E-state index is -0.0758. The predicted molar refractivity (Wildman–Crippen MR) is 94.1 cm³/mol. The molecule has 0 N–H and O–H groups in total. The molecule has 3 aromatic rings. The fraction of sp³-hybridized carbons (Fsp3) is 0.316. The largest absolute Gasteiger partial charge is 0.361 e. The van der Waals surface area contributed by atoms with Crippen LogP contribution < -0.4 is 0 Å². The highest BCUT2D eigenvalue weighted by molar-refractivity contribution is 5.94. The molecule has 0 bridgehead atoms. The molecule has 1 unspecified atom stereocenters. The zero-order chi connectivity index (χ0) is 17.9. The Labute approximate surface area is 151 Å². The van der Waals surface area contributed by atoms with Gasteiger partial charge in [-0.3, -0.25) is 9.78 Å². The first kappa shape index (κ1) is 16.4. The standard InChI is InChI=1S/C19H19N5O2/c1-13-9-16(23-26-13)17-6-2-3-8-24(17)19(25)15-11-21-18(22-12-15)14-5-4-7-20-10-14/h4-5,7,9-12,17H,2-3,6,8H2,1H3. The molecule has 0 spiro atoms. The molecular formula is C19H19N5O2. The lowest BCUT2D eigenvalue weighted by molar-refractivity contribution is 0.0601. The molecule has 0 aliphatic carbocycles. The molecule has 4 heterocycles. The summed E-state index contributed by atoms with van der Waals surface area (Å²) in [5.41, 5.74) is 2.11. The van der Waals surface area contributed by atoms with Crippen LogP contribution in [0.15, 0.2) is 47.5 Å². The maximum absolute atomic E-state index is 13.0. The normalized spacial score (nSPS) is 17.3. The van der Waals surface area contributed by atoms with Crippen molar-refractivity contribution < 1.29 is 9.32 Å². The van der Waals surface area contributed by atoms with Crippen molar-refractivity contribution in [2.45, 2.75) is 32.2 Å². The zero-order valence-corrected chi connectivity index (χ0v) is 14.5. The topological polar surface area (TPSA) is 85.0 Å². The van der Waals surface area contributed by atoms with E-state index in [1.54, 1.807) is 24.8 Å². The molecule has 1 atom stereocenters. The molecule has 1 aliphatic rings. The highest BCUT2D eigenvalue weighted by Crippen LogP contribution is 2.31. The minimum absolute atomic E-state index is 0.0632. The molecule has 0 saturated carbocycles. The third-order valence-corrected chi connectivity index (χ3v) is 4.57. The number of amides is 1. The van der Waals surface area contributed by atoms with Gasteiger partial charge in [0.15, 0.2) is 5.82 Å². The molecule has 7 nitrogen and oxygen atoms in total. The van der Waals surface area contributed by atoms with Crippen molar-refractivity contribution in [1.82, 2.24) is 25.0 Å². The fourth-order valence-electron chi connectivity index (χ4n) is 3.27. The molecule has 0 aromatic carbocycles. The number of hydrogen-bond donors (Lipinski definition) is 0. The van der Waals surface area contributed by atoms with Crippen LogP contribution in [-0.2, 0) is 0 Å². The first-order chi connectivity index (χ1) is 12.7. The highest BCUT2D eigenvalue weighted by atomic mass is 16.5. The Hall–Kier alpha value is -3.09. The molecule has 1 amide bonds. The number of piperidine rings is 1. The maximum atomic E-state index is 13.0. The van der Waals surface area contributed by atoms with E-state index in [9.17, 15) is 4.79 Å². The van der Waals surface area contributed by atoms with Gasteiger partial charge in [-0.05, 0) is 38.3 Å². The number of pyridine rings is 1. The monoisotopic (exact) mass is 349 g/mol. The predicted octanol–water partition coefficient (Wildman–Crippen LogP) is 3.20. The van der Waals surface area contributed by atoms with Crippen LogP contribution in [0, 0.1) is 6.92 Å². The van der Waals surface area contributed by atoms with Crippen LogP contribution in [0.5, 0.6) is 0 Å². The van der Waals surface area contributed by atoms with E-state index in [-0.39, 0.29) is 11.9 Å². The van der Waals surface area contributed by atoms with E-state index in [1.165, 1.54) is 0 Å². The number of likely N-dealkylation sites (tertiary alicyclic amines) is 1. The lowest BCUT2D eigenvalue weighted by Gasteiger charge is -2.34. The number of carbonyl (C=O) groups excluding carboxylic acids is 1. The van der Waals surface area contributed by atoms with Crippen LogP contribution in [0.4, 0.5) is 0 Å². The number of hydrogen-bond acceptors (Lipinski definition) is 6. The van der Waals surface area contributed by atoms with Gasteiger partial charge in [-0.2, -0.15) is 0 Å². The molecule has 1 aliphatic heterocycles. The summed E-state index contributed by atoms with van der Waals surface area (Å²) in [6, 6.07) is 5.55. The van der Waals surface area contributed by atoms with Crippen LogP contribution in [0.3, 0.4) is 0 Å². The van der Waals surface area contributed by atoms with Gasteiger partial charge < -0.3 is 9.42 Å². The Balaban J connectivity index is 1.57. The summed E-state index contributed by atoms with van der Waals surface area (Å²) in [7, 11) is 0. The quantitative estimate of drug-likeness (QED) is 0.722. The van der Waals surface area contributed by atoms with Crippen molar-refractivity contribution in [3.05, 3.63) is 60.0 Å². The average Bonchev–Trinajstić information content (AvgIpc) is 3.14. The van der Waals surface area contributed by atoms with E-state index in [0.29, 0.717) is 17.9 Å². The van der Waals surface area contributed by atoms with Crippen molar-refractivity contribution in [2.75, 3.05) is 6.54 Å². The third-order valence-electron chi connectivity index (χ3n) is 4.57. The molecule has 4 rings (SSSR count). The summed E-state index contributed by atoms with van der Waals surface area (Å²) in [6.07, 6.45) is 9.49. The van der Waals surface area contributed by atoms with Crippen molar-refractivity contribution >= 4 is 5.91 Å². The fourth-order valence-corrected chi connectivity index (χ4v) is 3.27. The van der Waals surface area contributed by atoms with Gasteiger partial charge in [0.1, 0.15) is 11.5 Å². The van der Waals surface area contributed by atoms with Crippen LogP contribution >= 0.6 is 0 Å². The van der Waals surface area contributed by atoms with Gasteiger partial charge in [-0.15, -0.1) is 0 Å². The van der Waals surface area contributed by atoms with E-state index in [0.717, 1.165) is 36.3 Å². The smallest absolute Gasteiger partial charge is 0.257 e. The van der Waals surface area contributed by atoms with Crippen molar-refractivity contribution in [1.29, 1.82) is 0 Å². The van der Waals surface area contributed by atoms with Gasteiger partial charge in [0.25, 0.3) is 5.91 Å². The molecular weight excluding hydrogens is 330 g/mol. The summed E-state index contributed by atoms with van der Waals surface area (Å²) < 4.78 is 5.20. The third kappa shape index (κ3) is 3.20. The molecule has 26 heavy (non-hydrogen) atoms. The van der Waals surface area contributed by atoms with Crippen LogP contribution in [0.1, 0.15) is 47.1 Å². The van der Waals surface area contributed by atoms with Crippen molar-refractivity contribution in [3.63, 3.8) is 0 Å². The number of aryl methyl sites for hydroxylation is 1.